The van der Waals surface area contributed by atoms with Gasteiger partial charge >= 0.3 is 0 Å². The van der Waals surface area contributed by atoms with Gasteiger partial charge in [-0.25, -0.2) is 0 Å². The van der Waals surface area contributed by atoms with Crippen molar-refractivity contribution >= 4 is 60.5 Å². The maximum Gasteiger partial charge on any atom is 0.143 e. The predicted octanol–water partition coefficient (Wildman–Crippen LogP) is 15.6. The third kappa shape index (κ3) is 4.54. The third-order valence-corrected chi connectivity index (χ3v) is 13.4. The first-order valence-electron chi connectivity index (χ1n) is 20.4. The van der Waals surface area contributed by atoms with E-state index in [1.54, 1.807) is 0 Å². The first kappa shape index (κ1) is 33.3. The average molecular weight is 744 g/mol. The average Bonchev–Trinajstić information content (AvgIpc) is 3.82. The molecular weight excluding hydrogens is 703 g/mol. The molecule has 1 aromatic heterocycles. The lowest BCUT2D eigenvalue weighted by Crippen LogP contribution is -2.16. The van der Waals surface area contributed by atoms with Gasteiger partial charge in [-0.2, -0.15) is 0 Å². The minimum absolute atomic E-state index is 0.112. The first-order chi connectivity index (χ1) is 28.3. The highest BCUT2D eigenvalue weighted by Crippen LogP contribution is 2.54. The summed E-state index contributed by atoms with van der Waals surface area (Å²) in [7, 11) is 0. The van der Waals surface area contributed by atoms with Crippen molar-refractivity contribution in [3.8, 4) is 33.4 Å². The van der Waals surface area contributed by atoms with Crippen LogP contribution in [0.4, 0.5) is 17.1 Å². The van der Waals surface area contributed by atoms with Crippen molar-refractivity contribution in [2.45, 2.75) is 38.5 Å². The Bertz CT molecular complexity index is 3360. The van der Waals surface area contributed by atoms with E-state index in [2.05, 4.69) is 209 Å². The molecule has 0 bridgehead atoms. The fourth-order valence-electron chi connectivity index (χ4n) is 10.5. The van der Waals surface area contributed by atoms with Crippen LogP contribution in [0.3, 0.4) is 0 Å². The summed E-state index contributed by atoms with van der Waals surface area (Å²) in [6, 6.07) is 65.0. The second kappa shape index (κ2) is 11.8. The van der Waals surface area contributed by atoms with E-state index in [1.807, 2.05) is 0 Å². The quantitative estimate of drug-likeness (QED) is 0.178. The lowest BCUT2D eigenvalue weighted by Gasteiger charge is -2.29. The van der Waals surface area contributed by atoms with Gasteiger partial charge in [0, 0.05) is 33.2 Å². The normalized spacial score (nSPS) is 14.5. The smallest absolute Gasteiger partial charge is 0.143 e. The molecule has 2 nitrogen and oxygen atoms in total. The van der Waals surface area contributed by atoms with Gasteiger partial charge in [0.15, 0.2) is 0 Å². The highest BCUT2D eigenvalue weighted by Gasteiger charge is 2.37. The fourth-order valence-corrected chi connectivity index (χ4v) is 10.5. The predicted molar refractivity (Wildman–Crippen MR) is 244 cm³/mol. The van der Waals surface area contributed by atoms with E-state index in [-0.39, 0.29) is 10.8 Å². The molecule has 0 N–H and O–H groups in total. The van der Waals surface area contributed by atoms with Crippen molar-refractivity contribution in [1.82, 2.24) is 0 Å². The van der Waals surface area contributed by atoms with Gasteiger partial charge < -0.3 is 9.32 Å². The van der Waals surface area contributed by atoms with Gasteiger partial charge in [-0.1, -0.05) is 155 Å². The van der Waals surface area contributed by atoms with Crippen molar-refractivity contribution in [2.24, 2.45) is 0 Å². The molecule has 0 radical (unpaired) electrons. The van der Waals surface area contributed by atoms with Gasteiger partial charge in [-0.3, -0.25) is 0 Å². The summed E-state index contributed by atoms with van der Waals surface area (Å²) in [5.74, 6) is 0. The van der Waals surface area contributed by atoms with E-state index in [0.717, 1.165) is 44.6 Å². The largest absolute Gasteiger partial charge is 0.455 e. The Balaban J connectivity index is 1.13. The molecule has 0 atom stereocenters. The first-order valence-corrected chi connectivity index (χ1v) is 20.4. The number of hydrogen-bond donors (Lipinski definition) is 0. The molecule has 0 spiro atoms. The molecule has 0 aliphatic heterocycles. The zero-order chi connectivity index (χ0) is 38.9. The zero-order valence-electron chi connectivity index (χ0n) is 33.1. The van der Waals surface area contributed by atoms with Gasteiger partial charge in [0.2, 0.25) is 0 Å². The standard InChI is InChI=1S/C56H41NO/c1-55(2)46-20-11-9-18-41(46)43-28-25-37(32-48(43)55)52-40-17-8-7-16-36(40)31-45-53-50(22-13-23-51(53)58-54(45)52)57(38-26-24-34-14-5-6-15-35(34)30-38)39-27-29-44-42-19-10-12-21-47(42)56(3,4)49(44)33-39/h5-33H,1-4H3. The van der Waals surface area contributed by atoms with Crippen LogP contribution >= 0.6 is 0 Å². The number of fused-ring (bicyclic) bond motifs is 11. The van der Waals surface area contributed by atoms with Gasteiger partial charge in [0.1, 0.15) is 11.2 Å². The lowest BCUT2D eigenvalue weighted by atomic mass is 9.81. The molecule has 0 unspecified atom stereocenters. The maximum absolute atomic E-state index is 7.13. The summed E-state index contributed by atoms with van der Waals surface area (Å²) < 4.78 is 7.13. The number of furan rings is 1. The summed E-state index contributed by atoms with van der Waals surface area (Å²) in [5, 5.41) is 7.03. The van der Waals surface area contributed by atoms with Gasteiger partial charge in [-0.15, -0.1) is 0 Å². The molecule has 10 aromatic rings. The molecule has 58 heavy (non-hydrogen) atoms. The number of anilines is 3. The van der Waals surface area contributed by atoms with Gasteiger partial charge in [0.25, 0.3) is 0 Å². The van der Waals surface area contributed by atoms with Gasteiger partial charge in [-0.05, 0) is 120 Å². The van der Waals surface area contributed by atoms with Crippen molar-refractivity contribution in [3.05, 3.63) is 198 Å². The van der Waals surface area contributed by atoms with Gasteiger partial charge in [0.05, 0.1) is 11.1 Å². The van der Waals surface area contributed by atoms with Crippen LogP contribution in [-0.4, -0.2) is 0 Å². The molecule has 2 aliphatic rings. The monoisotopic (exact) mass is 743 g/mol. The summed E-state index contributed by atoms with van der Waals surface area (Å²) in [5.41, 5.74) is 17.9. The summed E-state index contributed by atoms with van der Waals surface area (Å²) in [6.45, 7) is 9.43. The molecule has 0 saturated carbocycles. The molecular formula is C56H41NO. The van der Waals surface area contributed by atoms with E-state index in [9.17, 15) is 0 Å². The second-order valence-electron chi connectivity index (χ2n) is 17.3. The molecule has 12 rings (SSSR count). The lowest BCUT2D eigenvalue weighted by molar-refractivity contribution is 0.660. The van der Waals surface area contributed by atoms with E-state index >= 15 is 0 Å². The van der Waals surface area contributed by atoms with Crippen LogP contribution in [0.15, 0.2) is 180 Å². The number of rotatable bonds is 4. The fraction of sp³-hybridized carbons (Fsp3) is 0.107. The number of benzene rings is 9. The zero-order valence-corrected chi connectivity index (χ0v) is 33.1. The molecule has 0 fully saturated rings. The Kier molecular flexibility index (Phi) is 6.78. The molecule has 0 amide bonds. The minimum Gasteiger partial charge on any atom is -0.455 e. The van der Waals surface area contributed by atoms with Crippen LogP contribution in [0.5, 0.6) is 0 Å². The SMILES string of the molecule is CC1(C)c2ccccc2-c2ccc(-c3c4ccccc4cc4c3oc3cccc(N(c5ccc6c(c5)C(C)(C)c5ccccc5-6)c5ccc6ccccc6c5)c34)cc21. The Morgan fingerprint density at radius 1 is 0.414 bits per heavy atom. The van der Waals surface area contributed by atoms with E-state index in [1.165, 1.54) is 71.6 Å². The molecule has 0 saturated heterocycles. The molecule has 9 aromatic carbocycles. The Morgan fingerprint density at radius 2 is 1.00 bits per heavy atom. The van der Waals surface area contributed by atoms with Crippen molar-refractivity contribution in [1.29, 1.82) is 0 Å². The van der Waals surface area contributed by atoms with E-state index < -0.39 is 0 Å². The van der Waals surface area contributed by atoms with Crippen LogP contribution in [0, 0.1) is 0 Å². The summed E-state index contributed by atoms with van der Waals surface area (Å²) in [6.07, 6.45) is 0. The van der Waals surface area contributed by atoms with Crippen LogP contribution < -0.4 is 4.90 Å². The maximum atomic E-state index is 7.13. The Labute approximate surface area is 338 Å². The number of hydrogen-bond acceptors (Lipinski definition) is 2. The second-order valence-corrected chi connectivity index (χ2v) is 17.3. The molecule has 1 heterocycles. The van der Waals surface area contributed by atoms with Crippen LogP contribution in [0.1, 0.15) is 49.9 Å². The molecule has 2 aliphatic carbocycles. The third-order valence-electron chi connectivity index (χ3n) is 13.4. The minimum atomic E-state index is -0.134. The van der Waals surface area contributed by atoms with Crippen LogP contribution in [0.2, 0.25) is 0 Å². The van der Waals surface area contributed by atoms with Crippen molar-refractivity contribution < 1.29 is 4.42 Å². The highest BCUT2D eigenvalue weighted by atomic mass is 16.3. The highest BCUT2D eigenvalue weighted by molar-refractivity contribution is 6.22. The Morgan fingerprint density at radius 3 is 1.76 bits per heavy atom. The Hall–Kier alpha value is -6.90. The summed E-state index contributed by atoms with van der Waals surface area (Å²) >= 11 is 0. The van der Waals surface area contributed by atoms with E-state index in [4.69, 9.17) is 4.42 Å². The molecule has 2 heteroatoms. The van der Waals surface area contributed by atoms with Crippen molar-refractivity contribution in [3.63, 3.8) is 0 Å². The number of nitrogens with zero attached hydrogens (tertiary/aromatic N) is 1. The topological polar surface area (TPSA) is 16.4 Å². The van der Waals surface area contributed by atoms with E-state index in [0.29, 0.717) is 0 Å². The van der Waals surface area contributed by atoms with Crippen LogP contribution in [0.25, 0.3) is 76.9 Å². The van der Waals surface area contributed by atoms with Crippen molar-refractivity contribution in [2.75, 3.05) is 4.90 Å². The van der Waals surface area contributed by atoms with Crippen LogP contribution in [-0.2, 0) is 10.8 Å². The molecule has 276 valence electrons. The summed E-state index contributed by atoms with van der Waals surface area (Å²) in [4.78, 5) is 2.45.